The van der Waals surface area contributed by atoms with Gasteiger partial charge >= 0.3 is 0 Å². The zero-order valence-corrected chi connectivity index (χ0v) is 13.6. The first kappa shape index (κ1) is 14.1. The van der Waals surface area contributed by atoms with Crippen LogP contribution in [0.4, 0.5) is 5.69 Å². The Labute approximate surface area is 133 Å². The summed E-state index contributed by atoms with van der Waals surface area (Å²) in [5, 5.41) is 3.46. The maximum Gasteiger partial charge on any atom is 0.109 e. The van der Waals surface area contributed by atoms with Crippen LogP contribution in [0.25, 0.3) is 11.0 Å². The van der Waals surface area contributed by atoms with Crippen molar-refractivity contribution < 1.29 is 0 Å². The third kappa shape index (κ3) is 3.10. The third-order valence-electron chi connectivity index (χ3n) is 3.56. The normalized spacial score (nSPS) is 11.0. The molecule has 0 aliphatic carbocycles. The molecule has 4 heteroatoms. The summed E-state index contributed by atoms with van der Waals surface area (Å²) in [4.78, 5) is 4.70. The predicted molar refractivity (Wildman–Crippen MR) is 91.7 cm³/mol. The molecule has 0 fully saturated rings. The van der Waals surface area contributed by atoms with Gasteiger partial charge in [0.15, 0.2) is 0 Å². The van der Waals surface area contributed by atoms with Gasteiger partial charge in [-0.3, -0.25) is 0 Å². The van der Waals surface area contributed by atoms with Crippen molar-refractivity contribution in [3.05, 3.63) is 58.8 Å². The molecule has 0 saturated carbocycles. The second kappa shape index (κ2) is 6.31. The molecular formula is C17H18BrN3. The van der Waals surface area contributed by atoms with E-state index in [9.17, 15) is 0 Å². The van der Waals surface area contributed by atoms with Gasteiger partial charge in [0.2, 0.25) is 0 Å². The van der Waals surface area contributed by atoms with Gasteiger partial charge < -0.3 is 9.88 Å². The van der Waals surface area contributed by atoms with Crippen LogP contribution in [-0.2, 0) is 13.0 Å². The maximum atomic E-state index is 4.70. The number of aromatic nitrogens is 2. The van der Waals surface area contributed by atoms with E-state index >= 15 is 0 Å². The molecule has 1 aromatic heterocycles. The first-order valence-corrected chi connectivity index (χ1v) is 8.01. The third-order valence-corrected chi connectivity index (χ3v) is 4.09. The molecule has 0 aliphatic heterocycles. The van der Waals surface area contributed by atoms with E-state index in [1.165, 1.54) is 5.52 Å². The van der Waals surface area contributed by atoms with E-state index in [2.05, 4.69) is 63.1 Å². The Kier molecular flexibility index (Phi) is 4.25. The summed E-state index contributed by atoms with van der Waals surface area (Å²) in [6.45, 7) is 3.95. The number of halogens is 1. The SMILES string of the molecule is CCc1nc2ccccc2n1CCNc1ccc(Br)cc1. The van der Waals surface area contributed by atoms with Crippen molar-refractivity contribution in [2.45, 2.75) is 19.9 Å². The molecule has 0 atom stereocenters. The summed E-state index contributed by atoms with van der Waals surface area (Å²) in [5.74, 6) is 1.15. The Balaban J connectivity index is 1.74. The summed E-state index contributed by atoms with van der Waals surface area (Å²) in [6, 6.07) is 16.6. The zero-order valence-electron chi connectivity index (χ0n) is 12.0. The Hall–Kier alpha value is -1.81. The summed E-state index contributed by atoms with van der Waals surface area (Å²) in [5.41, 5.74) is 3.44. The fourth-order valence-electron chi connectivity index (χ4n) is 2.52. The van der Waals surface area contributed by atoms with E-state index < -0.39 is 0 Å². The maximum absolute atomic E-state index is 4.70. The lowest BCUT2D eigenvalue weighted by Gasteiger charge is -2.10. The van der Waals surface area contributed by atoms with E-state index in [0.717, 1.165) is 41.0 Å². The van der Waals surface area contributed by atoms with Gasteiger partial charge in [-0.05, 0) is 36.4 Å². The number of aryl methyl sites for hydroxylation is 1. The average Bonchev–Trinajstić information content (AvgIpc) is 2.87. The molecule has 0 radical (unpaired) electrons. The van der Waals surface area contributed by atoms with Gasteiger partial charge in [-0.15, -0.1) is 0 Å². The molecule has 0 amide bonds. The van der Waals surface area contributed by atoms with Gasteiger partial charge in [-0.1, -0.05) is 35.0 Å². The van der Waals surface area contributed by atoms with Crippen LogP contribution in [-0.4, -0.2) is 16.1 Å². The molecule has 0 saturated heterocycles. The highest BCUT2D eigenvalue weighted by molar-refractivity contribution is 9.10. The van der Waals surface area contributed by atoms with E-state index in [4.69, 9.17) is 4.98 Å². The van der Waals surface area contributed by atoms with Crippen LogP contribution >= 0.6 is 15.9 Å². The van der Waals surface area contributed by atoms with Crippen LogP contribution in [0.5, 0.6) is 0 Å². The Morgan fingerprint density at radius 2 is 1.86 bits per heavy atom. The van der Waals surface area contributed by atoms with Crippen molar-refractivity contribution in [1.29, 1.82) is 0 Å². The van der Waals surface area contributed by atoms with Gasteiger partial charge in [0, 0.05) is 29.7 Å². The lowest BCUT2D eigenvalue weighted by atomic mass is 10.3. The molecule has 108 valence electrons. The number of imidazole rings is 1. The van der Waals surface area contributed by atoms with Crippen molar-refractivity contribution in [1.82, 2.24) is 9.55 Å². The molecule has 0 bridgehead atoms. The van der Waals surface area contributed by atoms with Crippen molar-refractivity contribution in [3.63, 3.8) is 0 Å². The fourth-order valence-corrected chi connectivity index (χ4v) is 2.79. The Bertz CT molecular complexity index is 731. The minimum atomic E-state index is 0.884. The van der Waals surface area contributed by atoms with Crippen LogP contribution in [0.1, 0.15) is 12.7 Å². The number of fused-ring (bicyclic) bond motifs is 1. The van der Waals surface area contributed by atoms with Crippen LogP contribution < -0.4 is 5.32 Å². The summed E-state index contributed by atoms with van der Waals surface area (Å²) < 4.78 is 3.41. The zero-order chi connectivity index (χ0) is 14.7. The van der Waals surface area contributed by atoms with Crippen molar-refractivity contribution in [2.24, 2.45) is 0 Å². The van der Waals surface area contributed by atoms with Crippen LogP contribution in [0.3, 0.4) is 0 Å². The van der Waals surface area contributed by atoms with Crippen LogP contribution in [0.2, 0.25) is 0 Å². The van der Waals surface area contributed by atoms with Crippen molar-refractivity contribution in [2.75, 3.05) is 11.9 Å². The first-order chi connectivity index (χ1) is 10.3. The topological polar surface area (TPSA) is 29.9 Å². The number of hydrogen-bond acceptors (Lipinski definition) is 2. The minimum Gasteiger partial charge on any atom is -0.383 e. The average molecular weight is 344 g/mol. The molecule has 2 aromatic carbocycles. The summed E-state index contributed by atoms with van der Waals surface area (Å²) in [7, 11) is 0. The number of anilines is 1. The minimum absolute atomic E-state index is 0.884. The van der Waals surface area contributed by atoms with Crippen LogP contribution in [0, 0.1) is 0 Å². The second-order valence-corrected chi connectivity index (χ2v) is 5.87. The van der Waals surface area contributed by atoms with Gasteiger partial charge in [-0.2, -0.15) is 0 Å². The number of benzene rings is 2. The summed E-state index contributed by atoms with van der Waals surface area (Å²) >= 11 is 3.45. The van der Waals surface area contributed by atoms with E-state index in [1.54, 1.807) is 0 Å². The first-order valence-electron chi connectivity index (χ1n) is 7.21. The standard InChI is InChI=1S/C17H18BrN3/c1-2-17-20-15-5-3-4-6-16(15)21(17)12-11-19-14-9-7-13(18)8-10-14/h3-10,19H,2,11-12H2,1H3. The quantitative estimate of drug-likeness (QED) is 0.740. The molecular weight excluding hydrogens is 326 g/mol. The lowest BCUT2D eigenvalue weighted by Crippen LogP contribution is -2.12. The molecule has 0 unspecified atom stereocenters. The molecule has 3 rings (SSSR count). The summed E-state index contributed by atoms with van der Waals surface area (Å²) in [6.07, 6.45) is 0.951. The second-order valence-electron chi connectivity index (χ2n) is 4.96. The number of hydrogen-bond donors (Lipinski definition) is 1. The highest BCUT2D eigenvalue weighted by atomic mass is 79.9. The predicted octanol–water partition coefficient (Wildman–Crippen LogP) is 4.47. The van der Waals surface area contributed by atoms with E-state index in [1.807, 2.05) is 18.2 Å². The molecule has 3 nitrogen and oxygen atoms in total. The van der Waals surface area contributed by atoms with Gasteiger partial charge in [0.1, 0.15) is 5.82 Å². The smallest absolute Gasteiger partial charge is 0.109 e. The molecule has 0 spiro atoms. The number of rotatable bonds is 5. The van der Waals surface area contributed by atoms with Gasteiger partial charge in [0.25, 0.3) is 0 Å². The highest BCUT2D eigenvalue weighted by Crippen LogP contribution is 2.17. The van der Waals surface area contributed by atoms with E-state index in [0.29, 0.717) is 0 Å². The highest BCUT2D eigenvalue weighted by Gasteiger charge is 2.07. The number of para-hydroxylation sites is 2. The molecule has 3 aromatic rings. The monoisotopic (exact) mass is 343 g/mol. The lowest BCUT2D eigenvalue weighted by molar-refractivity contribution is 0.700. The Morgan fingerprint density at radius 1 is 1.10 bits per heavy atom. The molecule has 1 heterocycles. The molecule has 0 aliphatic rings. The number of nitrogens with zero attached hydrogens (tertiary/aromatic N) is 2. The number of nitrogens with one attached hydrogen (secondary N) is 1. The largest absolute Gasteiger partial charge is 0.383 e. The van der Waals surface area contributed by atoms with Crippen LogP contribution in [0.15, 0.2) is 53.0 Å². The van der Waals surface area contributed by atoms with Crippen molar-refractivity contribution in [3.8, 4) is 0 Å². The molecule has 1 N–H and O–H groups in total. The fraction of sp³-hybridized carbons (Fsp3) is 0.235. The molecule has 21 heavy (non-hydrogen) atoms. The van der Waals surface area contributed by atoms with Gasteiger partial charge in [0.05, 0.1) is 11.0 Å². The van der Waals surface area contributed by atoms with Crippen molar-refractivity contribution >= 4 is 32.7 Å². The Morgan fingerprint density at radius 3 is 2.62 bits per heavy atom. The van der Waals surface area contributed by atoms with Gasteiger partial charge in [-0.25, -0.2) is 4.98 Å². The van der Waals surface area contributed by atoms with E-state index in [-0.39, 0.29) is 0 Å².